The first-order valence-electron chi connectivity index (χ1n) is 9.65. The van der Waals surface area contributed by atoms with Crippen molar-refractivity contribution in [2.24, 2.45) is 0 Å². The summed E-state index contributed by atoms with van der Waals surface area (Å²) in [6, 6.07) is 13.1. The molecule has 1 heterocycles. The Morgan fingerprint density at radius 3 is 2.57 bits per heavy atom. The lowest BCUT2D eigenvalue weighted by atomic mass is 10.0. The van der Waals surface area contributed by atoms with E-state index in [1.807, 2.05) is 26.2 Å². The lowest BCUT2D eigenvalue weighted by Gasteiger charge is -2.34. The Bertz CT molecular complexity index is 804. The minimum absolute atomic E-state index is 0.0953. The van der Waals surface area contributed by atoms with Crippen LogP contribution in [-0.2, 0) is 11.3 Å². The number of carbonyl (C=O) groups excluding carboxylic acids is 1. The summed E-state index contributed by atoms with van der Waals surface area (Å²) in [4.78, 5) is 17.0. The van der Waals surface area contributed by atoms with Gasteiger partial charge in [-0.1, -0.05) is 24.3 Å². The van der Waals surface area contributed by atoms with Gasteiger partial charge in [0.1, 0.15) is 17.6 Å². The number of halogens is 1. The molecular formula is C22H28FN3O2. The average Bonchev–Trinajstić information content (AvgIpc) is 2.63. The molecule has 1 saturated heterocycles. The highest BCUT2D eigenvalue weighted by molar-refractivity contribution is 5.83. The van der Waals surface area contributed by atoms with Crippen molar-refractivity contribution in [1.29, 1.82) is 0 Å². The molecule has 0 radical (unpaired) electrons. The molecule has 2 N–H and O–H groups in total. The van der Waals surface area contributed by atoms with E-state index >= 15 is 0 Å². The number of phenolic OH excluding ortho intramolecular Hbond substituents is 1. The van der Waals surface area contributed by atoms with Crippen molar-refractivity contribution >= 4 is 5.91 Å². The zero-order chi connectivity index (χ0) is 20.1. The first-order chi connectivity index (χ1) is 13.4. The van der Waals surface area contributed by atoms with Crippen molar-refractivity contribution in [2.75, 3.05) is 27.2 Å². The van der Waals surface area contributed by atoms with Crippen LogP contribution in [0.3, 0.4) is 0 Å². The van der Waals surface area contributed by atoms with Crippen LogP contribution in [0, 0.1) is 5.82 Å². The third-order valence-corrected chi connectivity index (χ3v) is 5.18. The molecule has 6 heteroatoms. The number of nitrogens with one attached hydrogen (secondary N) is 1. The van der Waals surface area contributed by atoms with Crippen LogP contribution in [0.2, 0.25) is 0 Å². The monoisotopic (exact) mass is 385 g/mol. The number of benzene rings is 2. The van der Waals surface area contributed by atoms with Crippen LogP contribution < -0.4 is 5.32 Å². The smallest absolute Gasteiger partial charge is 0.242 e. The maximum atomic E-state index is 13.6. The summed E-state index contributed by atoms with van der Waals surface area (Å²) in [7, 11) is 3.65. The maximum Gasteiger partial charge on any atom is 0.242 e. The number of likely N-dealkylation sites (N-methyl/N-ethyl adjacent to an activating group) is 1. The molecule has 1 atom stereocenters. The Hall–Kier alpha value is -2.44. The van der Waals surface area contributed by atoms with E-state index in [2.05, 4.69) is 10.2 Å². The fourth-order valence-corrected chi connectivity index (χ4v) is 3.79. The van der Waals surface area contributed by atoms with Gasteiger partial charge in [-0.3, -0.25) is 14.6 Å². The Balaban J connectivity index is 1.55. The highest BCUT2D eigenvalue weighted by atomic mass is 19.1. The summed E-state index contributed by atoms with van der Waals surface area (Å²) in [5.74, 6) is -0.147. The molecule has 0 aliphatic carbocycles. The number of hydrogen-bond acceptors (Lipinski definition) is 4. The number of aromatic hydroxyl groups is 1. The highest BCUT2D eigenvalue weighted by Crippen LogP contribution is 2.21. The highest BCUT2D eigenvalue weighted by Gasteiger charge is 2.27. The maximum absolute atomic E-state index is 13.6. The number of phenols is 1. The second-order valence-corrected chi connectivity index (χ2v) is 7.65. The van der Waals surface area contributed by atoms with E-state index in [4.69, 9.17) is 0 Å². The number of piperidine rings is 1. The van der Waals surface area contributed by atoms with Gasteiger partial charge in [0.2, 0.25) is 5.91 Å². The molecule has 0 bridgehead atoms. The SMILES string of the molecule is CN(C)[C@@H](C(=O)NC1CCN(Cc2cccc(O)c2)CC1)c1cccc(F)c1. The van der Waals surface area contributed by atoms with Crippen LogP contribution in [0.1, 0.15) is 30.0 Å². The van der Waals surface area contributed by atoms with E-state index in [1.165, 1.54) is 12.1 Å². The van der Waals surface area contributed by atoms with Crippen LogP contribution in [0.15, 0.2) is 48.5 Å². The van der Waals surface area contributed by atoms with Crippen LogP contribution in [0.5, 0.6) is 5.75 Å². The van der Waals surface area contributed by atoms with E-state index in [1.54, 1.807) is 29.2 Å². The number of likely N-dealkylation sites (tertiary alicyclic amines) is 1. The molecule has 1 aliphatic heterocycles. The number of hydrogen-bond donors (Lipinski definition) is 2. The first-order valence-corrected chi connectivity index (χ1v) is 9.65. The minimum Gasteiger partial charge on any atom is -0.508 e. The Morgan fingerprint density at radius 1 is 1.21 bits per heavy atom. The van der Waals surface area contributed by atoms with Gasteiger partial charge in [-0.2, -0.15) is 0 Å². The number of amides is 1. The van der Waals surface area contributed by atoms with Gasteiger partial charge in [-0.15, -0.1) is 0 Å². The summed E-state index contributed by atoms with van der Waals surface area (Å²) >= 11 is 0. The summed E-state index contributed by atoms with van der Waals surface area (Å²) < 4.78 is 13.6. The standard InChI is InChI=1S/C22H28FN3O2/c1-25(2)21(17-6-4-7-18(23)14-17)22(28)24-19-9-11-26(12-10-19)15-16-5-3-8-20(27)13-16/h3-8,13-14,19,21,27H,9-12,15H2,1-2H3,(H,24,28)/t21-/m1/s1. The van der Waals surface area contributed by atoms with Crippen molar-refractivity contribution in [2.45, 2.75) is 31.5 Å². The van der Waals surface area contributed by atoms with Crippen LogP contribution in [0.25, 0.3) is 0 Å². The molecule has 28 heavy (non-hydrogen) atoms. The van der Waals surface area contributed by atoms with E-state index in [0.717, 1.165) is 38.0 Å². The Morgan fingerprint density at radius 2 is 1.93 bits per heavy atom. The summed E-state index contributed by atoms with van der Waals surface area (Å²) in [5.41, 5.74) is 1.74. The van der Waals surface area contributed by atoms with Crippen molar-refractivity contribution in [3.63, 3.8) is 0 Å². The summed E-state index contributed by atoms with van der Waals surface area (Å²) in [6.07, 6.45) is 1.74. The van der Waals surface area contributed by atoms with E-state index in [-0.39, 0.29) is 23.5 Å². The normalized spacial score (nSPS) is 16.9. The molecule has 0 spiro atoms. The molecule has 0 aromatic heterocycles. The van der Waals surface area contributed by atoms with Gasteiger partial charge in [0, 0.05) is 25.7 Å². The molecule has 5 nitrogen and oxygen atoms in total. The van der Waals surface area contributed by atoms with Crippen LogP contribution >= 0.6 is 0 Å². The molecule has 1 aliphatic rings. The van der Waals surface area contributed by atoms with Crippen LogP contribution in [0.4, 0.5) is 4.39 Å². The minimum atomic E-state index is -0.513. The van der Waals surface area contributed by atoms with Gasteiger partial charge in [0.05, 0.1) is 0 Å². The van der Waals surface area contributed by atoms with E-state index in [9.17, 15) is 14.3 Å². The molecule has 0 saturated carbocycles. The van der Waals surface area contributed by atoms with Gasteiger partial charge in [-0.05, 0) is 62.3 Å². The molecule has 1 fully saturated rings. The summed E-state index contributed by atoms with van der Waals surface area (Å²) in [5, 5.41) is 12.7. The topological polar surface area (TPSA) is 55.8 Å². The third-order valence-electron chi connectivity index (χ3n) is 5.18. The first kappa shape index (κ1) is 20.3. The molecule has 2 aromatic carbocycles. The van der Waals surface area contributed by atoms with Gasteiger partial charge < -0.3 is 10.4 Å². The predicted molar refractivity (Wildman–Crippen MR) is 107 cm³/mol. The van der Waals surface area contributed by atoms with Crippen molar-refractivity contribution < 1.29 is 14.3 Å². The molecule has 1 amide bonds. The van der Waals surface area contributed by atoms with Crippen molar-refractivity contribution in [3.8, 4) is 5.75 Å². The quantitative estimate of drug-likeness (QED) is 0.803. The molecular weight excluding hydrogens is 357 g/mol. The summed E-state index contributed by atoms with van der Waals surface area (Å²) in [6.45, 7) is 2.55. The van der Waals surface area contributed by atoms with E-state index in [0.29, 0.717) is 5.56 Å². The van der Waals surface area contributed by atoms with Gasteiger partial charge in [-0.25, -0.2) is 4.39 Å². The molecule has 150 valence electrons. The second kappa shape index (κ2) is 9.17. The second-order valence-electron chi connectivity index (χ2n) is 7.65. The van der Waals surface area contributed by atoms with Gasteiger partial charge >= 0.3 is 0 Å². The third kappa shape index (κ3) is 5.30. The molecule has 0 unspecified atom stereocenters. The fourth-order valence-electron chi connectivity index (χ4n) is 3.79. The largest absolute Gasteiger partial charge is 0.508 e. The molecule has 3 rings (SSSR count). The fraction of sp³-hybridized carbons (Fsp3) is 0.409. The zero-order valence-corrected chi connectivity index (χ0v) is 16.4. The van der Waals surface area contributed by atoms with Crippen molar-refractivity contribution in [1.82, 2.24) is 15.1 Å². The van der Waals surface area contributed by atoms with E-state index < -0.39 is 6.04 Å². The Kier molecular flexibility index (Phi) is 6.65. The van der Waals surface area contributed by atoms with Gasteiger partial charge in [0.25, 0.3) is 0 Å². The van der Waals surface area contributed by atoms with Gasteiger partial charge in [0.15, 0.2) is 0 Å². The number of nitrogens with zero attached hydrogens (tertiary/aromatic N) is 2. The average molecular weight is 385 g/mol. The lowest BCUT2D eigenvalue weighted by molar-refractivity contribution is -0.126. The number of carbonyl (C=O) groups is 1. The Labute approximate surface area is 165 Å². The van der Waals surface area contributed by atoms with Crippen molar-refractivity contribution in [3.05, 3.63) is 65.5 Å². The predicted octanol–water partition coefficient (Wildman–Crippen LogP) is 2.91. The number of rotatable bonds is 6. The lowest BCUT2D eigenvalue weighted by Crippen LogP contribution is -2.47. The van der Waals surface area contributed by atoms with Crippen LogP contribution in [-0.4, -0.2) is 54.0 Å². The zero-order valence-electron chi connectivity index (χ0n) is 16.4. The molecule has 2 aromatic rings.